The number of benzene rings is 2. The van der Waals surface area contributed by atoms with Crippen LogP contribution in [0.5, 0.6) is 5.75 Å². The van der Waals surface area contributed by atoms with Crippen molar-refractivity contribution < 1.29 is 18.7 Å². The first-order valence-corrected chi connectivity index (χ1v) is 13.0. The first-order valence-electron chi connectivity index (χ1n) is 12.1. The van der Waals surface area contributed by atoms with Gasteiger partial charge in [0, 0.05) is 23.0 Å². The number of hydrogen-bond acceptors (Lipinski definition) is 4. The van der Waals surface area contributed by atoms with E-state index in [4.69, 9.17) is 4.74 Å². The van der Waals surface area contributed by atoms with Gasteiger partial charge < -0.3 is 15.0 Å². The lowest BCUT2D eigenvalue weighted by atomic mass is 10.0. The highest BCUT2D eigenvalue weighted by molar-refractivity contribution is 7.10. The van der Waals surface area contributed by atoms with Crippen molar-refractivity contribution in [1.82, 2.24) is 10.2 Å². The van der Waals surface area contributed by atoms with Gasteiger partial charge in [-0.2, -0.15) is 0 Å². The maximum atomic E-state index is 13.8. The molecule has 0 unspecified atom stereocenters. The molecule has 7 heteroatoms. The first-order chi connectivity index (χ1) is 17.0. The highest BCUT2D eigenvalue weighted by Gasteiger charge is 2.35. The van der Waals surface area contributed by atoms with E-state index in [1.54, 1.807) is 17.0 Å². The summed E-state index contributed by atoms with van der Waals surface area (Å²) in [4.78, 5) is 30.1. The Morgan fingerprint density at radius 2 is 1.83 bits per heavy atom. The molecule has 0 spiro atoms. The summed E-state index contributed by atoms with van der Waals surface area (Å²) in [6.45, 7) is 2.51. The van der Waals surface area contributed by atoms with Gasteiger partial charge in [-0.05, 0) is 55.0 Å². The third kappa shape index (κ3) is 6.48. The summed E-state index contributed by atoms with van der Waals surface area (Å²) >= 11 is 1.51. The summed E-state index contributed by atoms with van der Waals surface area (Å²) in [7, 11) is 0. The van der Waals surface area contributed by atoms with Gasteiger partial charge in [0.25, 0.3) is 0 Å². The van der Waals surface area contributed by atoms with Crippen molar-refractivity contribution in [3.8, 4) is 5.75 Å². The molecule has 0 aliphatic heterocycles. The molecule has 1 atom stereocenters. The van der Waals surface area contributed by atoms with Crippen LogP contribution >= 0.6 is 11.3 Å². The van der Waals surface area contributed by atoms with Gasteiger partial charge in [-0.25, -0.2) is 4.39 Å². The van der Waals surface area contributed by atoms with Gasteiger partial charge in [0.15, 0.2) is 0 Å². The average Bonchev–Trinajstić information content (AvgIpc) is 3.56. The molecule has 1 aliphatic rings. The molecule has 1 saturated carbocycles. The molecule has 0 saturated heterocycles. The predicted octanol–water partition coefficient (Wildman–Crippen LogP) is 5.66. The molecule has 1 fully saturated rings. The van der Waals surface area contributed by atoms with Crippen molar-refractivity contribution in [2.75, 3.05) is 6.61 Å². The van der Waals surface area contributed by atoms with Crippen LogP contribution in [-0.4, -0.2) is 29.4 Å². The number of amides is 2. The average molecular weight is 495 g/mol. The molecule has 1 aromatic heterocycles. The van der Waals surface area contributed by atoms with Gasteiger partial charge in [-0.3, -0.25) is 9.59 Å². The van der Waals surface area contributed by atoms with Gasteiger partial charge in [0.05, 0.1) is 13.0 Å². The smallest absolute Gasteiger partial charge is 0.247 e. The zero-order valence-electron chi connectivity index (χ0n) is 19.9. The highest BCUT2D eigenvalue weighted by atomic mass is 32.1. The topological polar surface area (TPSA) is 58.6 Å². The van der Waals surface area contributed by atoms with Crippen LogP contribution in [0.4, 0.5) is 4.39 Å². The molecule has 3 aromatic rings. The van der Waals surface area contributed by atoms with E-state index in [2.05, 4.69) is 5.32 Å². The van der Waals surface area contributed by atoms with Crippen molar-refractivity contribution in [2.45, 2.75) is 57.7 Å². The third-order valence-corrected chi connectivity index (χ3v) is 7.14. The molecule has 1 heterocycles. The van der Waals surface area contributed by atoms with Crippen LogP contribution in [0, 0.1) is 5.82 Å². The lowest BCUT2D eigenvalue weighted by Gasteiger charge is -2.33. The van der Waals surface area contributed by atoms with Crippen LogP contribution in [0.25, 0.3) is 0 Å². The Morgan fingerprint density at radius 1 is 1.09 bits per heavy atom. The summed E-state index contributed by atoms with van der Waals surface area (Å²) < 4.78 is 19.5. The fourth-order valence-electron chi connectivity index (χ4n) is 4.57. The summed E-state index contributed by atoms with van der Waals surface area (Å²) in [6, 6.07) is 16.5. The minimum absolute atomic E-state index is 0.101. The zero-order chi connectivity index (χ0) is 24.6. The molecule has 4 rings (SSSR count). The number of nitrogens with zero attached hydrogens (tertiary/aromatic N) is 1. The van der Waals surface area contributed by atoms with E-state index in [0.29, 0.717) is 17.9 Å². The Labute approximate surface area is 209 Å². The Balaban J connectivity index is 1.74. The molecule has 5 nitrogen and oxygen atoms in total. The largest absolute Gasteiger partial charge is 0.494 e. The van der Waals surface area contributed by atoms with Crippen molar-refractivity contribution in [2.24, 2.45) is 0 Å². The van der Waals surface area contributed by atoms with Crippen LogP contribution in [0.2, 0.25) is 0 Å². The molecular formula is C28H31FN2O3S. The summed E-state index contributed by atoms with van der Waals surface area (Å²) in [5.74, 6) is -0.155. The van der Waals surface area contributed by atoms with Crippen LogP contribution < -0.4 is 10.1 Å². The van der Waals surface area contributed by atoms with E-state index in [1.807, 2.05) is 48.7 Å². The van der Waals surface area contributed by atoms with Crippen molar-refractivity contribution in [1.29, 1.82) is 0 Å². The maximum absolute atomic E-state index is 13.8. The normalized spacial score (nSPS) is 14.5. The van der Waals surface area contributed by atoms with Gasteiger partial charge in [-0.15, -0.1) is 11.3 Å². The Bertz CT molecular complexity index is 1110. The summed E-state index contributed by atoms with van der Waals surface area (Å²) in [5.41, 5.74) is 1.39. The predicted molar refractivity (Wildman–Crippen MR) is 136 cm³/mol. The van der Waals surface area contributed by atoms with Crippen LogP contribution in [0.1, 0.15) is 54.7 Å². The van der Waals surface area contributed by atoms with Crippen molar-refractivity contribution in [3.05, 3.63) is 87.9 Å². The molecule has 184 valence electrons. The molecular weight excluding hydrogens is 463 g/mol. The Kier molecular flexibility index (Phi) is 8.53. The molecule has 1 aliphatic carbocycles. The maximum Gasteiger partial charge on any atom is 0.247 e. The number of carbonyl (C=O) groups excluding carboxylic acids is 2. The summed E-state index contributed by atoms with van der Waals surface area (Å²) in [6.07, 6.45) is 4.23. The number of nitrogens with one attached hydrogen (secondary N) is 1. The SMILES string of the molecule is CCOc1ccccc1[C@@H](C(=O)NC1CCCC1)N(Cc1ccc(F)cc1)C(=O)Cc1cccs1. The van der Waals surface area contributed by atoms with Crippen molar-refractivity contribution in [3.63, 3.8) is 0 Å². The standard InChI is InChI=1S/C28H31FN2O3S/c1-2-34-25-12-6-5-11-24(25)27(28(33)30-22-8-3-4-9-22)31(19-20-13-15-21(29)16-14-20)26(32)18-23-10-7-17-35-23/h5-7,10-17,22,27H,2-4,8-9,18-19H2,1H3,(H,30,33)/t27-/m0/s1. The van der Waals surface area contributed by atoms with E-state index in [-0.39, 0.29) is 36.6 Å². The van der Waals surface area contributed by atoms with E-state index in [9.17, 15) is 14.0 Å². The molecule has 2 amide bonds. The number of halogens is 1. The zero-order valence-corrected chi connectivity index (χ0v) is 20.7. The van der Waals surface area contributed by atoms with Crippen LogP contribution in [0.3, 0.4) is 0 Å². The molecule has 1 N–H and O–H groups in total. The molecule has 2 aromatic carbocycles. The first kappa shape index (κ1) is 24.9. The Morgan fingerprint density at radius 3 is 2.51 bits per heavy atom. The van der Waals surface area contributed by atoms with Crippen molar-refractivity contribution >= 4 is 23.2 Å². The monoisotopic (exact) mass is 494 g/mol. The second-order valence-corrected chi connectivity index (χ2v) is 9.80. The van der Waals surface area contributed by atoms with Gasteiger partial charge in [0.1, 0.15) is 17.6 Å². The third-order valence-electron chi connectivity index (χ3n) is 6.27. The van der Waals surface area contributed by atoms with Crippen LogP contribution in [0.15, 0.2) is 66.0 Å². The quantitative estimate of drug-likeness (QED) is 0.396. The fourth-order valence-corrected chi connectivity index (χ4v) is 5.26. The van der Waals surface area contributed by atoms with E-state index < -0.39 is 6.04 Å². The second-order valence-electron chi connectivity index (χ2n) is 8.77. The van der Waals surface area contributed by atoms with E-state index in [1.165, 1.54) is 23.5 Å². The minimum atomic E-state index is -0.879. The second kappa shape index (κ2) is 12.0. The molecule has 0 bridgehead atoms. The number of carbonyl (C=O) groups is 2. The number of ether oxygens (including phenoxy) is 1. The fraction of sp³-hybridized carbons (Fsp3) is 0.357. The minimum Gasteiger partial charge on any atom is -0.494 e. The number of rotatable bonds is 10. The van der Waals surface area contributed by atoms with E-state index >= 15 is 0 Å². The van der Waals surface area contributed by atoms with Crippen LogP contribution in [-0.2, 0) is 22.6 Å². The van der Waals surface area contributed by atoms with Gasteiger partial charge in [-0.1, -0.05) is 49.2 Å². The number of thiophene rings is 1. The number of hydrogen-bond donors (Lipinski definition) is 1. The van der Waals surface area contributed by atoms with Gasteiger partial charge in [0.2, 0.25) is 11.8 Å². The molecule has 0 radical (unpaired) electrons. The summed E-state index contributed by atoms with van der Waals surface area (Å²) in [5, 5.41) is 5.12. The lowest BCUT2D eigenvalue weighted by molar-refractivity contribution is -0.141. The lowest BCUT2D eigenvalue weighted by Crippen LogP contribution is -2.46. The molecule has 35 heavy (non-hydrogen) atoms. The number of para-hydroxylation sites is 1. The van der Waals surface area contributed by atoms with Gasteiger partial charge >= 0.3 is 0 Å². The van der Waals surface area contributed by atoms with E-state index in [0.717, 1.165) is 36.1 Å². The Hall–Kier alpha value is -3.19. The highest BCUT2D eigenvalue weighted by Crippen LogP contribution is 2.33.